The summed E-state index contributed by atoms with van der Waals surface area (Å²) in [4.78, 5) is 18.8. The summed E-state index contributed by atoms with van der Waals surface area (Å²) in [6.07, 6.45) is -5.48. The second-order valence-electron chi connectivity index (χ2n) is 9.81. The van der Waals surface area contributed by atoms with Crippen molar-refractivity contribution in [2.75, 3.05) is 13.1 Å². The summed E-state index contributed by atoms with van der Waals surface area (Å²) in [7, 11) is 0. The molecular formula is C26H22F6N4O2S. The molecule has 0 atom stereocenters. The van der Waals surface area contributed by atoms with Crippen LogP contribution in [0.5, 0.6) is 0 Å². The summed E-state index contributed by atoms with van der Waals surface area (Å²) in [6, 6.07) is 6.74. The van der Waals surface area contributed by atoms with Crippen LogP contribution < -0.4 is 0 Å². The lowest BCUT2D eigenvalue weighted by Crippen LogP contribution is -2.45. The number of aliphatic imine (C=N–C) groups is 1. The average molecular weight is 569 g/mol. The Morgan fingerprint density at radius 1 is 1.05 bits per heavy atom. The zero-order valence-corrected chi connectivity index (χ0v) is 21.3. The Bertz CT molecular complexity index is 1500. The number of hydrogen-bond donors (Lipinski definition) is 1. The minimum atomic E-state index is -4.97. The lowest BCUT2D eigenvalue weighted by molar-refractivity contribution is -0.143. The highest BCUT2D eigenvalue weighted by Gasteiger charge is 2.38. The van der Waals surface area contributed by atoms with Gasteiger partial charge in [0, 0.05) is 24.7 Å². The number of piperidine rings is 1. The zero-order chi connectivity index (χ0) is 28.2. The number of aromatic nitrogens is 2. The predicted octanol–water partition coefficient (Wildman–Crippen LogP) is 6.58. The van der Waals surface area contributed by atoms with Gasteiger partial charge in [-0.3, -0.25) is 9.48 Å². The number of fused-ring (bicyclic) bond motifs is 1. The molecule has 3 aromatic rings. The normalized spacial score (nSPS) is 19.3. The van der Waals surface area contributed by atoms with Crippen molar-refractivity contribution < 1.29 is 36.2 Å². The maximum Gasteiger partial charge on any atom is 0.416 e. The third-order valence-corrected chi connectivity index (χ3v) is 7.49. The second kappa shape index (κ2) is 9.70. The first-order valence-corrected chi connectivity index (χ1v) is 12.7. The second-order valence-corrected chi connectivity index (χ2v) is 10.8. The minimum absolute atomic E-state index is 0.117. The third kappa shape index (κ3) is 5.98. The minimum Gasteiger partial charge on any atom is -0.390 e. The molecule has 5 rings (SSSR count). The van der Waals surface area contributed by atoms with E-state index in [4.69, 9.17) is 0 Å². The van der Waals surface area contributed by atoms with E-state index in [1.165, 1.54) is 10.9 Å². The van der Waals surface area contributed by atoms with Gasteiger partial charge in [-0.15, -0.1) is 0 Å². The number of aliphatic hydroxyl groups is 1. The lowest BCUT2D eigenvalue weighted by Gasteiger charge is -2.36. The van der Waals surface area contributed by atoms with Crippen molar-refractivity contribution in [2.45, 2.75) is 44.3 Å². The van der Waals surface area contributed by atoms with Crippen LogP contribution >= 0.6 is 11.8 Å². The number of carbonyl (C=O) groups is 1. The first-order chi connectivity index (χ1) is 18.2. The van der Waals surface area contributed by atoms with E-state index in [2.05, 4.69) is 10.1 Å². The van der Waals surface area contributed by atoms with Crippen LogP contribution in [0.15, 0.2) is 52.5 Å². The molecule has 1 aromatic heterocycles. The summed E-state index contributed by atoms with van der Waals surface area (Å²) in [6.45, 7) is 2.49. The molecule has 39 heavy (non-hydrogen) atoms. The molecule has 1 amide bonds. The van der Waals surface area contributed by atoms with Crippen molar-refractivity contribution in [3.63, 3.8) is 0 Å². The van der Waals surface area contributed by atoms with Crippen molar-refractivity contribution in [3.05, 3.63) is 69.8 Å². The van der Waals surface area contributed by atoms with Crippen molar-refractivity contribution in [2.24, 2.45) is 4.99 Å². The molecule has 0 radical (unpaired) electrons. The molecule has 2 aromatic carbocycles. The van der Waals surface area contributed by atoms with Crippen molar-refractivity contribution >= 4 is 39.8 Å². The molecule has 0 unspecified atom stereocenters. The molecule has 1 saturated heterocycles. The molecule has 0 bridgehead atoms. The van der Waals surface area contributed by atoms with Crippen LogP contribution in [0.2, 0.25) is 0 Å². The number of amidine groups is 1. The highest BCUT2D eigenvalue weighted by atomic mass is 32.2. The van der Waals surface area contributed by atoms with Crippen LogP contribution in [0.4, 0.5) is 31.1 Å². The van der Waals surface area contributed by atoms with Gasteiger partial charge in [0.25, 0.3) is 0 Å². The van der Waals surface area contributed by atoms with Crippen LogP contribution in [-0.2, 0) is 18.9 Å². The molecule has 6 nitrogen and oxygen atoms in total. The Kier molecular flexibility index (Phi) is 6.78. The quantitative estimate of drug-likeness (QED) is 0.362. The van der Waals surface area contributed by atoms with E-state index in [-0.39, 0.29) is 23.4 Å². The fourth-order valence-corrected chi connectivity index (χ4v) is 5.35. The SMILES string of the molecule is CC1(O)CCN(C2=NC(=O)S/C2=C\c2ccc3nn(Cc4ccc(C(F)(F)F)cc4C(F)(F)F)cc3c2)CC1. The van der Waals surface area contributed by atoms with E-state index in [1.54, 1.807) is 31.2 Å². The van der Waals surface area contributed by atoms with E-state index in [1.807, 2.05) is 4.90 Å². The Hall–Kier alpha value is -3.32. The van der Waals surface area contributed by atoms with Gasteiger partial charge in [-0.2, -0.15) is 36.4 Å². The molecule has 2 aliphatic rings. The molecule has 2 aliphatic heterocycles. The van der Waals surface area contributed by atoms with Crippen LogP contribution in [0.3, 0.4) is 0 Å². The van der Waals surface area contributed by atoms with Crippen LogP contribution in [0.1, 0.15) is 42.0 Å². The van der Waals surface area contributed by atoms with E-state index in [9.17, 15) is 36.2 Å². The monoisotopic (exact) mass is 568 g/mol. The van der Waals surface area contributed by atoms with Gasteiger partial charge in [0.1, 0.15) is 5.84 Å². The fraction of sp³-hybridized carbons (Fsp3) is 0.346. The summed E-state index contributed by atoms with van der Waals surface area (Å²) in [5, 5.41) is 14.8. The first kappa shape index (κ1) is 27.3. The molecule has 13 heteroatoms. The predicted molar refractivity (Wildman–Crippen MR) is 135 cm³/mol. The molecule has 0 saturated carbocycles. The van der Waals surface area contributed by atoms with E-state index in [0.29, 0.717) is 59.2 Å². The van der Waals surface area contributed by atoms with Crippen LogP contribution in [-0.4, -0.2) is 49.6 Å². The van der Waals surface area contributed by atoms with Gasteiger partial charge >= 0.3 is 17.6 Å². The number of likely N-dealkylation sites (tertiary alicyclic amines) is 1. The Morgan fingerprint density at radius 3 is 2.44 bits per heavy atom. The van der Waals surface area contributed by atoms with Crippen LogP contribution in [0, 0.1) is 0 Å². The number of amides is 1. The van der Waals surface area contributed by atoms with Gasteiger partial charge in [-0.1, -0.05) is 12.1 Å². The summed E-state index contributed by atoms with van der Waals surface area (Å²) in [5.74, 6) is 0.540. The van der Waals surface area contributed by atoms with Crippen molar-refractivity contribution in [3.8, 4) is 0 Å². The number of nitrogens with zero attached hydrogens (tertiary/aromatic N) is 4. The van der Waals surface area contributed by atoms with Gasteiger partial charge in [0.15, 0.2) is 0 Å². The van der Waals surface area contributed by atoms with E-state index in [0.717, 1.165) is 17.8 Å². The molecule has 0 aliphatic carbocycles. The Morgan fingerprint density at radius 2 is 1.77 bits per heavy atom. The first-order valence-electron chi connectivity index (χ1n) is 11.9. The number of benzene rings is 2. The highest BCUT2D eigenvalue weighted by Crippen LogP contribution is 2.38. The van der Waals surface area contributed by atoms with Crippen molar-refractivity contribution in [1.29, 1.82) is 0 Å². The van der Waals surface area contributed by atoms with Gasteiger partial charge in [-0.25, -0.2) is 0 Å². The van der Waals surface area contributed by atoms with Gasteiger partial charge in [0.2, 0.25) is 0 Å². The fourth-order valence-electron chi connectivity index (χ4n) is 4.57. The standard InChI is InChI=1S/C26H22F6N4O2S/c1-24(38)6-8-35(9-7-24)22-21(39-23(37)33-22)11-15-2-5-20-17(10-15)14-36(34-20)13-16-3-4-18(25(27,28)29)12-19(16)26(30,31)32/h2-5,10-12,14,38H,6-9,13H2,1H3/b21-11-. The summed E-state index contributed by atoms with van der Waals surface area (Å²) in [5.41, 5.74) is -2.64. The summed E-state index contributed by atoms with van der Waals surface area (Å²) >= 11 is 0.988. The molecule has 0 spiro atoms. The molecule has 3 heterocycles. The number of halogens is 6. The molecular weight excluding hydrogens is 546 g/mol. The highest BCUT2D eigenvalue weighted by molar-refractivity contribution is 8.18. The largest absolute Gasteiger partial charge is 0.416 e. The Balaban J connectivity index is 1.40. The third-order valence-electron chi connectivity index (χ3n) is 6.70. The molecule has 206 valence electrons. The number of rotatable bonds is 3. The van der Waals surface area contributed by atoms with Gasteiger partial charge in [-0.05, 0) is 73.0 Å². The lowest BCUT2D eigenvalue weighted by atomic mass is 9.94. The maximum atomic E-state index is 13.5. The van der Waals surface area contributed by atoms with Gasteiger partial charge in [0.05, 0.1) is 33.7 Å². The number of thioether (sulfide) groups is 1. The van der Waals surface area contributed by atoms with E-state index >= 15 is 0 Å². The average Bonchev–Trinajstić information content (AvgIpc) is 3.39. The zero-order valence-electron chi connectivity index (χ0n) is 20.5. The Labute approximate surface area is 223 Å². The molecule has 1 fully saturated rings. The maximum absolute atomic E-state index is 13.5. The van der Waals surface area contributed by atoms with Crippen molar-refractivity contribution in [1.82, 2.24) is 14.7 Å². The number of alkyl halides is 6. The smallest absolute Gasteiger partial charge is 0.390 e. The number of carbonyl (C=O) groups excluding carboxylic acids is 1. The molecule has 1 N–H and O–H groups in total. The summed E-state index contributed by atoms with van der Waals surface area (Å²) < 4.78 is 80.9. The topological polar surface area (TPSA) is 70.7 Å². The van der Waals surface area contributed by atoms with E-state index < -0.39 is 29.1 Å². The van der Waals surface area contributed by atoms with Gasteiger partial charge < -0.3 is 10.0 Å². The number of hydrogen-bond acceptors (Lipinski definition) is 5. The van der Waals surface area contributed by atoms with Crippen LogP contribution in [0.25, 0.3) is 17.0 Å².